The van der Waals surface area contributed by atoms with Crippen LogP contribution in [0.2, 0.25) is 0 Å². The van der Waals surface area contributed by atoms with Crippen LogP contribution in [0.4, 0.5) is 0 Å². The van der Waals surface area contributed by atoms with Crippen molar-refractivity contribution in [1.82, 2.24) is 0 Å². The van der Waals surface area contributed by atoms with Crippen molar-refractivity contribution in [2.45, 2.75) is 49.4 Å². The number of rotatable bonds is 3. The minimum Gasteiger partial charge on any atom is -0.465 e. The van der Waals surface area contributed by atoms with Crippen molar-refractivity contribution in [3.8, 4) is 0 Å². The molecule has 0 aliphatic carbocycles. The molecule has 0 radical (unpaired) electrons. The Balaban J connectivity index is 2.09. The van der Waals surface area contributed by atoms with Crippen LogP contribution >= 0.6 is 11.8 Å². The van der Waals surface area contributed by atoms with Gasteiger partial charge in [0.15, 0.2) is 5.79 Å². The van der Waals surface area contributed by atoms with Crippen molar-refractivity contribution in [3.05, 3.63) is 10.4 Å². The van der Waals surface area contributed by atoms with E-state index in [9.17, 15) is 4.79 Å². The molecule has 0 saturated carbocycles. The van der Waals surface area contributed by atoms with Crippen LogP contribution in [0.1, 0.15) is 20.8 Å². The summed E-state index contributed by atoms with van der Waals surface area (Å²) in [6.07, 6.45) is -0.513. The predicted octanol–water partition coefficient (Wildman–Crippen LogP) is 1.82. The smallest absolute Gasteiger partial charge is 0.302 e. The lowest BCUT2D eigenvalue weighted by Crippen LogP contribution is -2.32. The van der Waals surface area contributed by atoms with E-state index in [2.05, 4.69) is 10.0 Å². The van der Waals surface area contributed by atoms with Crippen molar-refractivity contribution in [2.75, 3.05) is 6.61 Å². The van der Waals surface area contributed by atoms with Crippen LogP contribution in [-0.2, 0) is 19.0 Å². The van der Waals surface area contributed by atoms with Gasteiger partial charge in [0.25, 0.3) is 0 Å². The summed E-state index contributed by atoms with van der Waals surface area (Å²) in [7, 11) is 0. The summed E-state index contributed by atoms with van der Waals surface area (Å²) < 4.78 is 16.5. The van der Waals surface area contributed by atoms with Crippen LogP contribution in [0.15, 0.2) is 5.11 Å². The molecule has 0 aromatic carbocycles. The molecule has 0 spiro atoms. The highest BCUT2D eigenvalue weighted by molar-refractivity contribution is 8.00. The molecule has 0 aromatic rings. The molecule has 7 nitrogen and oxygen atoms in total. The molecule has 0 unspecified atom stereocenters. The maximum Gasteiger partial charge on any atom is 0.302 e. The molecule has 100 valence electrons. The lowest BCUT2D eigenvalue weighted by Gasteiger charge is -2.22. The van der Waals surface area contributed by atoms with Gasteiger partial charge in [-0.2, -0.15) is 0 Å². The van der Waals surface area contributed by atoms with Gasteiger partial charge in [0.05, 0.1) is 5.25 Å². The van der Waals surface area contributed by atoms with E-state index in [1.165, 1.54) is 18.7 Å². The van der Waals surface area contributed by atoms with Gasteiger partial charge >= 0.3 is 5.97 Å². The van der Waals surface area contributed by atoms with E-state index in [0.29, 0.717) is 0 Å². The van der Waals surface area contributed by atoms with Crippen LogP contribution in [0.3, 0.4) is 0 Å². The fourth-order valence-electron chi connectivity index (χ4n) is 2.14. The zero-order valence-electron chi connectivity index (χ0n) is 10.4. The number of thioether (sulfide) groups is 1. The lowest BCUT2D eigenvalue weighted by atomic mass is 10.1. The minimum absolute atomic E-state index is 0.0730. The number of ether oxygens (including phenoxy) is 3. The molecule has 2 saturated heterocycles. The second kappa shape index (κ2) is 4.97. The maximum atomic E-state index is 10.8. The van der Waals surface area contributed by atoms with Gasteiger partial charge in [0.1, 0.15) is 24.2 Å². The van der Waals surface area contributed by atoms with Gasteiger partial charge in [-0.05, 0) is 19.4 Å². The topological polar surface area (TPSA) is 93.5 Å². The summed E-state index contributed by atoms with van der Waals surface area (Å²) in [5.74, 6) is -1.04. The molecule has 2 rings (SSSR count). The number of azide groups is 1. The Hall–Kier alpha value is -0.950. The Morgan fingerprint density at radius 1 is 1.50 bits per heavy atom. The Kier molecular flexibility index (Phi) is 3.72. The SMILES string of the molecule is CC(=O)OC[C@H]1S[C@@H](N=[N+]=[N-])[C@@H]2OC(C)(C)O[C@@H]21. The van der Waals surface area contributed by atoms with Gasteiger partial charge in [-0.3, -0.25) is 4.79 Å². The summed E-state index contributed by atoms with van der Waals surface area (Å²) in [5.41, 5.74) is 8.54. The largest absolute Gasteiger partial charge is 0.465 e. The molecule has 18 heavy (non-hydrogen) atoms. The first-order valence-electron chi connectivity index (χ1n) is 5.61. The minimum atomic E-state index is -0.700. The quantitative estimate of drug-likeness (QED) is 0.338. The number of hydrogen-bond donors (Lipinski definition) is 0. The fourth-order valence-corrected chi connectivity index (χ4v) is 3.47. The van der Waals surface area contributed by atoms with Gasteiger partial charge in [-0.15, -0.1) is 11.8 Å². The zero-order chi connectivity index (χ0) is 13.3. The Labute approximate surface area is 109 Å². The van der Waals surface area contributed by atoms with Crippen LogP contribution in [-0.4, -0.2) is 41.2 Å². The van der Waals surface area contributed by atoms with E-state index in [1.54, 1.807) is 0 Å². The van der Waals surface area contributed by atoms with E-state index >= 15 is 0 Å². The van der Waals surface area contributed by atoms with Gasteiger partial charge in [0.2, 0.25) is 0 Å². The second-order valence-electron chi connectivity index (χ2n) is 4.64. The van der Waals surface area contributed by atoms with Crippen molar-refractivity contribution in [1.29, 1.82) is 0 Å². The number of esters is 1. The van der Waals surface area contributed by atoms with Gasteiger partial charge in [-0.1, -0.05) is 5.11 Å². The molecule has 0 N–H and O–H groups in total. The number of carbonyl (C=O) groups is 1. The van der Waals surface area contributed by atoms with Crippen LogP contribution < -0.4 is 0 Å². The summed E-state index contributed by atoms with van der Waals surface area (Å²) in [6, 6.07) is 0. The van der Waals surface area contributed by atoms with Gasteiger partial charge in [0, 0.05) is 11.8 Å². The molecule has 4 atom stereocenters. The average Bonchev–Trinajstić information content (AvgIpc) is 2.71. The predicted molar refractivity (Wildman–Crippen MR) is 64.8 cm³/mol. The van der Waals surface area contributed by atoms with Gasteiger partial charge < -0.3 is 14.2 Å². The zero-order valence-corrected chi connectivity index (χ0v) is 11.2. The summed E-state index contributed by atoms with van der Waals surface area (Å²) in [6.45, 7) is 5.22. The van der Waals surface area contributed by atoms with Crippen molar-refractivity contribution in [2.24, 2.45) is 5.11 Å². The van der Waals surface area contributed by atoms with E-state index in [0.717, 1.165) is 0 Å². The third-order valence-corrected chi connectivity index (χ3v) is 4.14. The number of fused-ring (bicyclic) bond motifs is 1. The first-order chi connectivity index (χ1) is 8.43. The molecule has 0 amide bonds. The molecule has 0 bridgehead atoms. The monoisotopic (exact) mass is 273 g/mol. The van der Waals surface area contributed by atoms with Crippen LogP contribution in [0.25, 0.3) is 10.4 Å². The van der Waals surface area contributed by atoms with Gasteiger partial charge in [-0.25, -0.2) is 0 Å². The van der Waals surface area contributed by atoms with E-state index in [-0.39, 0.29) is 35.4 Å². The maximum absolute atomic E-state index is 10.8. The highest BCUT2D eigenvalue weighted by atomic mass is 32.2. The standard InChI is InChI=1S/C10H15N3O4S/c1-5(14)15-4-6-7-8(9(18-6)12-13-11)17-10(2,3)16-7/h6-9H,4H2,1-3H3/t6-,7-,8-,9-/m1/s1. The van der Waals surface area contributed by atoms with Crippen molar-refractivity contribution < 1.29 is 19.0 Å². The number of nitrogens with zero attached hydrogens (tertiary/aromatic N) is 3. The first-order valence-corrected chi connectivity index (χ1v) is 6.56. The lowest BCUT2D eigenvalue weighted by molar-refractivity contribution is -0.150. The van der Waals surface area contributed by atoms with E-state index < -0.39 is 5.79 Å². The van der Waals surface area contributed by atoms with E-state index in [1.807, 2.05) is 13.8 Å². The number of carbonyl (C=O) groups excluding carboxylic acids is 1. The molecule has 8 heteroatoms. The van der Waals surface area contributed by atoms with Crippen LogP contribution in [0.5, 0.6) is 0 Å². The third-order valence-electron chi connectivity index (χ3n) is 2.74. The molecular formula is C10H15N3O4S. The molecule has 2 fully saturated rings. The Bertz CT molecular complexity index is 397. The highest BCUT2D eigenvalue weighted by Crippen LogP contribution is 2.46. The molecule has 2 aliphatic rings. The summed E-state index contributed by atoms with van der Waals surface area (Å²) in [5, 5.41) is 3.29. The molecule has 2 aliphatic heterocycles. The second-order valence-corrected chi connectivity index (χ2v) is 6.00. The number of hydrogen-bond acceptors (Lipinski definition) is 6. The fraction of sp³-hybridized carbons (Fsp3) is 0.900. The highest BCUT2D eigenvalue weighted by Gasteiger charge is 2.54. The molecular weight excluding hydrogens is 258 g/mol. The first kappa shape index (κ1) is 13.5. The van der Waals surface area contributed by atoms with Crippen molar-refractivity contribution >= 4 is 17.7 Å². The summed E-state index contributed by atoms with van der Waals surface area (Å²) in [4.78, 5) is 13.7. The molecule has 0 aromatic heterocycles. The Morgan fingerprint density at radius 3 is 2.78 bits per heavy atom. The van der Waals surface area contributed by atoms with Crippen molar-refractivity contribution in [3.63, 3.8) is 0 Å². The summed E-state index contributed by atoms with van der Waals surface area (Å²) >= 11 is 1.42. The van der Waals surface area contributed by atoms with E-state index in [4.69, 9.17) is 19.7 Å². The molecule has 2 heterocycles. The average molecular weight is 273 g/mol. The third kappa shape index (κ3) is 2.72. The Morgan fingerprint density at radius 2 is 2.17 bits per heavy atom. The van der Waals surface area contributed by atoms with Crippen LogP contribution in [0, 0.1) is 0 Å². The normalized spacial score (nSPS) is 36.8.